The zero-order valence-electron chi connectivity index (χ0n) is 11.9. The minimum atomic E-state index is -0.324. The van der Waals surface area contributed by atoms with Gasteiger partial charge in [-0.3, -0.25) is 9.59 Å². The Morgan fingerprint density at radius 1 is 1.19 bits per heavy atom. The van der Waals surface area contributed by atoms with Crippen LogP contribution in [0, 0.1) is 0 Å². The maximum Gasteiger partial charge on any atom is 0.306 e. The number of benzene rings is 1. The zero-order chi connectivity index (χ0) is 15.1. The normalized spacial score (nSPS) is 12.8. The number of hydrogen-bond donors (Lipinski definition) is 0. The second-order valence-electron chi connectivity index (χ2n) is 4.44. The largest absolute Gasteiger partial charge is 0.486 e. The van der Waals surface area contributed by atoms with E-state index >= 15 is 0 Å². The Morgan fingerprint density at radius 2 is 1.95 bits per heavy atom. The van der Waals surface area contributed by atoms with Crippen LogP contribution in [0.5, 0.6) is 11.5 Å². The van der Waals surface area contributed by atoms with Gasteiger partial charge in [0.15, 0.2) is 11.5 Å². The number of rotatable bonds is 7. The molecule has 114 valence electrons. The van der Waals surface area contributed by atoms with E-state index in [2.05, 4.69) is 0 Å². The van der Waals surface area contributed by atoms with E-state index in [9.17, 15) is 9.59 Å². The van der Waals surface area contributed by atoms with Crippen molar-refractivity contribution in [3.05, 3.63) is 18.2 Å². The molecule has 1 aliphatic rings. The average Bonchev–Trinajstić information content (AvgIpc) is 2.51. The lowest BCUT2D eigenvalue weighted by Crippen LogP contribution is -2.15. The lowest BCUT2D eigenvalue weighted by atomic mass is 10.2. The Labute approximate surface area is 127 Å². The van der Waals surface area contributed by atoms with Gasteiger partial charge in [-0.1, -0.05) is 0 Å². The molecule has 0 spiro atoms. The summed E-state index contributed by atoms with van der Waals surface area (Å²) < 4.78 is 15.7. The minimum absolute atomic E-state index is 0.0305. The van der Waals surface area contributed by atoms with Crippen LogP contribution in [-0.4, -0.2) is 37.3 Å². The number of hydrogen-bond acceptors (Lipinski definition) is 6. The van der Waals surface area contributed by atoms with Crippen LogP contribution in [0.2, 0.25) is 0 Å². The third kappa shape index (κ3) is 4.97. The lowest BCUT2D eigenvalue weighted by Gasteiger charge is -2.18. The summed E-state index contributed by atoms with van der Waals surface area (Å²) in [6, 6.07) is 5.62. The molecule has 5 nitrogen and oxygen atoms in total. The predicted octanol–water partition coefficient (Wildman–Crippen LogP) is 2.46. The number of carbonyl (C=O) groups is 2. The van der Waals surface area contributed by atoms with E-state index in [0.29, 0.717) is 31.3 Å². The Kier molecular flexibility index (Phi) is 5.92. The third-order valence-electron chi connectivity index (χ3n) is 2.83. The molecule has 0 aliphatic carbocycles. The van der Waals surface area contributed by atoms with E-state index < -0.39 is 0 Å². The first-order valence-corrected chi connectivity index (χ1v) is 7.87. The molecule has 6 heteroatoms. The van der Waals surface area contributed by atoms with Gasteiger partial charge < -0.3 is 14.2 Å². The topological polar surface area (TPSA) is 61.8 Å². The van der Waals surface area contributed by atoms with Gasteiger partial charge in [0, 0.05) is 11.3 Å². The summed E-state index contributed by atoms with van der Waals surface area (Å²) in [6.45, 7) is 3.20. The highest BCUT2D eigenvalue weighted by atomic mass is 32.2. The molecule has 2 rings (SSSR count). The number of ketones is 1. The zero-order valence-corrected chi connectivity index (χ0v) is 12.7. The van der Waals surface area contributed by atoms with Crippen LogP contribution in [-0.2, 0) is 14.3 Å². The first kappa shape index (κ1) is 15.7. The molecule has 0 saturated carbocycles. The molecule has 1 heterocycles. The monoisotopic (exact) mass is 310 g/mol. The van der Waals surface area contributed by atoms with E-state index in [4.69, 9.17) is 14.2 Å². The molecule has 0 atom stereocenters. The van der Waals surface area contributed by atoms with Gasteiger partial charge in [0.05, 0.1) is 18.8 Å². The molecular formula is C15H18O5S. The van der Waals surface area contributed by atoms with E-state index in [1.807, 2.05) is 18.2 Å². The molecule has 0 radical (unpaired) electrons. The molecule has 0 N–H and O–H groups in total. The van der Waals surface area contributed by atoms with Crippen molar-refractivity contribution in [2.24, 2.45) is 0 Å². The van der Waals surface area contributed by atoms with Crippen molar-refractivity contribution in [2.75, 3.05) is 25.6 Å². The number of carbonyl (C=O) groups excluding carboxylic acids is 2. The second-order valence-corrected chi connectivity index (χ2v) is 5.49. The standard InChI is InChI=1S/C15H18O5S/c1-2-18-15(17)6-3-11(16)10-21-12-4-5-13-14(9-12)20-8-7-19-13/h4-5,9H,2-3,6-8,10H2,1H3. The van der Waals surface area contributed by atoms with Crippen LogP contribution < -0.4 is 9.47 Å². The Balaban J connectivity index is 1.77. The van der Waals surface area contributed by atoms with Crippen molar-refractivity contribution in [1.82, 2.24) is 0 Å². The summed E-state index contributed by atoms with van der Waals surface area (Å²) in [4.78, 5) is 23.8. The number of fused-ring (bicyclic) bond motifs is 1. The van der Waals surface area contributed by atoms with Crippen molar-refractivity contribution in [3.8, 4) is 11.5 Å². The summed E-state index contributed by atoms with van der Waals surface area (Å²) >= 11 is 1.43. The van der Waals surface area contributed by atoms with Crippen molar-refractivity contribution < 1.29 is 23.8 Å². The highest BCUT2D eigenvalue weighted by Crippen LogP contribution is 2.34. The van der Waals surface area contributed by atoms with Crippen LogP contribution >= 0.6 is 11.8 Å². The van der Waals surface area contributed by atoms with E-state index in [1.165, 1.54) is 11.8 Å². The number of ether oxygens (including phenoxy) is 3. The van der Waals surface area contributed by atoms with Crippen molar-refractivity contribution >= 4 is 23.5 Å². The van der Waals surface area contributed by atoms with Gasteiger partial charge in [0.2, 0.25) is 0 Å². The second kappa shape index (κ2) is 7.93. The van der Waals surface area contributed by atoms with Gasteiger partial charge in [0.25, 0.3) is 0 Å². The fourth-order valence-corrected chi connectivity index (χ4v) is 2.65. The van der Waals surface area contributed by atoms with Crippen LogP contribution in [0.15, 0.2) is 23.1 Å². The molecule has 0 fully saturated rings. The summed E-state index contributed by atoms with van der Waals surface area (Å²) in [5.41, 5.74) is 0. The molecule has 1 aromatic rings. The molecule has 0 aromatic heterocycles. The van der Waals surface area contributed by atoms with Gasteiger partial charge in [0.1, 0.15) is 19.0 Å². The molecule has 0 saturated heterocycles. The summed E-state index contributed by atoms with van der Waals surface area (Å²) in [5, 5.41) is 0. The Bertz CT molecular complexity index is 515. The Hall–Kier alpha value is -1.69. The molecule has 0 bridgehead atoms. The molecule has 21 heavy (non-hydrogen) atoms. The maximum absolute atomic E-state index is 11.7. The van der Waals surface area contributed by atoms with Crippen LogP contribution in [0.1, 0.15) is 19.8 Å². The summed E-state index contributed by atoms with van der Waals surface area (Å²) in [6.07, 6.45) is 0.366. The van der Waals surface area contributed by atoms with Gasteiger partial charge in [-0.15, -0.1) is 11.8 Å². The molecule has 0 unspecified atom stereocenters. The smallest absolute Gasteiger partial charge is 0.306 e. The van der Waals surface area contributed by atoms with E-state index in [-0.39, 0.29) is 24.6 Å². The fraction of sp³-hybridized carbons (Fsp3) is 0.467. The van der Waals surface area contributed by atoms with Gasteiger partial charge in [-0.25, -0.2) is 0 Å². The first-order chi connectivity index (χ1) is 10.2. The van der Waals surface area contributed by atoms with E-state index in [1.54, 1.807) is 6.92 Å². The Morgan fingerprint density at radius 3 is 2.71 bits per heavy atom. The van der Waals surface area contributed by atoms with Gasteiger partial charge in [-0.2, -0.15) is 0 Å². The SMILES string of the molecule is CCOC(=O)CCC(=O)CSc1ccc2c(c1)OCCO2. The summed E-state index contributed by atoms with van der Waals surface area (Å²) in [5.74, 6) is 1.49. The van der Waals surface area contributed by atoms with Crippen LogP contribution in [0.4, 0.5) is 0 Å². The highest BCUT2D eigenvalue weighted by Gasteiger charge is 2.13. The first-order valence-electron chi connectivity index (χ1n) is 6.89. The van der Waals surface area contributed by atoms with Crippen molar-refractivity contribution in [2.45, 2.75) is 24.7 Å². The molecule has 0 amide bonds. The van der Waals surface area contributed by atoms with Crippen molar-refractivity contribution in [1.29, 1.82) is 0 Å². The quantitative estimate of drug-likeness (QED) is 0.569. The van der Waals surface area contributed by atoms with Crippen molar-refractivity contribution in [3.63, 3.8) is 0 Å². The average molecular weight is 310 g/mol. The third-order valence-corrected chi connectivity index (χ3v) is 3.88. The summed E-state index contributed by atoms with van der Waals surface area (Å²) in [7, 11) is 0. The van der Waals surface area contributed by atoms with Crippen LogP contribution in [0.3, 0.4) is 0 Å². The molecule has 1 aliphatic heterocycles. The van der Waals surface area contributed by atoms with Gasteiger partial charge >= 0.3 is 5.97 Å². The lowest BCUT2D eigenvalue weighted by molar-refractivity contribution is -0.144. The van der Waals surface area contributed by atoms with Crippen LogP contribution in [0.25, 0.3) is 0 Å². The number of esters is 1. The highest BCUT2D eigenvalue weighted by molar-refractivity contribution is 8.00. The van der Waals surface area contributed by atoms with Gasteiger partial charge in [-0.05, 0) is 25.1 Å². The minimum Gasteiger partial charge on any atom is -0.486 e. The fourth-order valence-electron chi connectivity index (χ4n) is 1.82. The molecular weight excluding hydrogens is 292 g/mol. The number of thioether (sulfide) groups is 1. The maximum atomic E-state index is 11.7. The number of Topliss-reactive ketones (excluding diaryl/α,β-unsaturated/α-hetero) is 1. The molecule has 1 aromatic carbocycles. The van der Waals surface area contributed by atoms with E-state index in [0.717, 1.165) is 10.6 Å². The predicted molar refractivity (Wildman–Crippen MR) is 79.0 cm³/mol.